The molecule has 0 aliphatic rings. The van der Waals surface area contributed by atoms with E-state index in [0.717, 1.165) is 16.7 Å². The van der Waals surface area contributed by atoms with Crippen LogP contribution in [0.2, 0.25) is 0 Å². The maximum atomic E-state index is 5.43. The van der Waals surface area contributed by atoms with Crippen molar-refractivity contribution in [2.45, 2.75) is 13.5 Å². The standard InChI is InChI=1S/C16H17BrN2S/c1-12-7-9-14(10-8-12)18-16(20)19(2)11-13-5-3-4-6-15(13)17/h3-10H,11H2,1-2H3,(H,18,20). The van der Waals surface area contributed by atoms with Crippen LogP contribution in [0.3, 0.4) is 0 Å². The van der Waals surface area contributed by atoms with Crippen LogP contribution in [0.15, 0.2) is 53.0 Å². The first-order valence-corrected chi connectivity index (χ1v) is 7.58. The molecule has 0 atom stereocenters. The zero-order chi connectivity index (χ0) is 14.5. The molecule has 20 heavy (non-hydrogen) atoms. The predicted octanol–water partition coefficient (Wildman–Crippen LogP) is 4.59. The average Bonchev–Trinajstić information content (AvgIpc) is 2.44. The van der Waals surface area contributed by atoms with Gasteiger partial charge in [-0.1, -0.05) is 51.8 Å². The van der Waals surface area contributed by atoms with Gasteiger partial charge in [-0.05, 0) is 42.9 Å². The van der Waals surface area contributed by atoms with Crippen LogP contribution in [-0.4, -0.2) is 17.1 Å². The summed E-state index contributed by atoms with van der Waals surface area (Å²) in [4.78, 5) is 2.02. The van der Waals surface area contributed by atoms with Gasteiger partial charge in [0.05, 0.1) is 0 Å². The first-order valence-electron chi connectivity index (χ1n) is 6.38. The summed E-state index contributed by atoms with van der Waals surface area (Å²) in [6.45, 7) is 2.83. The first kappa shape index (κ1) is 15.0. The number of nitrogens with zero attached hydrogens (tertiary/aromatic N) is 1. The highest BCUT2D eigenvalue weighted by Crippen LogP contribution is 2.18. The van der Waals surface area contributed by atoms with E-state index in [9.17, 15) is 0 Å². The number of thiocarbonyl (C=S) groups is 1. The molecule has 4 heteroatoms. The van der Waals surface area contributed by atoms with Crippen LogP contribution in [-0.2, 0) is 6.54 Å². The van der Waals surface area contributed by atoms with Crippen LogP contribution in [0.25, 0.3) is 0 Å². The van der Waals surface area contributed by atoms with Gasteiger partial charge in [0.15, 0.2) is 5.11 Å². The van der Waals surface area contributed by atoms with Gasteiger partial charge in [-0.3, -0.25) is 0 Å². The van der Waals surface area contributed by atoms with Gasteiger partial charge in [-0.15, -0.1) is 0 Å². The average molecular weight is 349 g/mol. The highest BCUT2D eigenvalue weighted by molar-refractivity contribution is 9.10. The van der Waals surface area contributed by atoms with Crippen LogP contribution >= 0.6 is 28.1 Å². The van der Waals surface area contributed by atoms with Crippen molar-refractivity contribution in [3.63, 3.8) is 0 Å². The Morgan fingerprint density at radius 1 is 1.15 bits per heavy atom. The maximum Gasteiger partial charge on any atom is 0.173 e. The lowest BCUT2D eigenvalue weighted by Crippen LogP contribution is -2.30. The van der Waals surface area contributed by atoms with Gasteiger partial charge < -0.3 is 10.2 Å². The zero-order valence-electron chi connectivity index (χ0n) is 11.6. The Labute approximate surface area is 133 Å². The molecule has 104 valence electrons. The molecule has 2 nitrogen and oxygen atoms in total. The van der Waals surface area contributed by atoms with E-state index in [1.165, 1.54) is 11.1 Å². The summed E-state index contributed by atoms with van der Waals surface area (Å²) in [5, 5.41) is 3.96. The fraction of sp³-hybridized carbons (Fsp3) is 0.188. The number of rotatable bonds is 3. The molecule has 0 unspecified atom stereocenters. The number of nitrogens with one attached hydrogen (secondary N) is 1. The minimum atomic E-state index is 0.713. The Hall–Kier alpha value is -1.39. The molecule has 1 N–H and O–H groups in total. The Bertz CT molecular complexity index is 596. The number of aryl methyl sites for hydroxylation is 1. The summed E-state index contributed by atoms with van der Waals surface area (Å²) >= 11 is 8.99. The summed E-state index contributed by atoms with van der Waals surface area (Å²) in [5.74, 6) is 0. The van der Waals surface area contributed by atoms with E-state index in [1.54, 1.807) is 0 Å². The van der Waals surface area contributed by atoms with Gasteiger partial charge in [0.1, 0.15) is 0 Å². The number of hydrogen-bond acceptors (Lipinski definition) is 1. The molecular weight excluding hydrogens is 332 g/mol. The van der Waals surface area contributed by atoms with Crippen LogP contribution in [0.4, 0.5) is 5.69 Å². The van der Waals surface area contributed by atoms with Crippen molar-refractivity contribution >= 4 is 38.9 Å². The topological polar surface area (TPSA) is 15.3 Å². The number of halogens is 1. The van der Waals surface area contributed by atoms with E-state index >= 15 is 0 Å². The van der Waals surface area contributed by atoms with E-state index in [0.29, 0.717) is 5.11 Å². The molecule has 0 heterocycles. The third kappa shape index (κ3) is 4.05. The van der Waals surface area contributed by atoms with Gasteiger partial charge >= 0.3 is 0 Å². The Balaban J connectivity index is 1.99. The third-order valence-corrected chi connectivity index (χ3v) is 4.20. The van der Waals surface area contributed by atoms with Gasteiger partial charge in [-0.25, -0.2) is 0 Å². The van der Waals surface area contributed by atoms with Crippen molar-refractivity contribution < 1.29 is 0 Å². The van der Waals surface area contributed by atoms with E-state index in [4.69, 9.17) is 12.2 Å². The van der Waals surface area contributed by atoms with Crippen molar-refractivity contribution in [2.75, 3.05) is 12.4 Å². The molecular formula is C16H17BrN2S. The SMILES string of the molecule is Cc1ccc(NC(=S)N(C)Cc2ccccc2Br)cc1. The monoisotopic (exact) mass is 348 g/mol. The van der Waals surface area contributed by atoms with Crippen LogP contribution in [0.5, 0.6) is 0 Å². The molecule has 2 aromatic carbocycles. The lowest BCUT2D eigenvalue weighted by atomic mass is 10.2. The lowest BCUT2D eigenvalue weighted by molar-refractivity contribution is 0.507. The molecule has 0 saturated carbocycles. The fourth-order valence-electron chi connectivity index (χ4n) is 1.81. The van der Waals surface area contributed by atoms with Gasteiger partial charge in [0, 0.05) is 23.8 Å². The Morgan fingerprint density at radius 2 is 1.80 bits per heavy atom. The summed E-state index contributed by atoms with van der Waals surface area (Å²) in [6.07, 6.45) is 0. The van der Waals surface area contributed by atoms with E-state index in [2.05, 4.69) is 46.4 Å². The van der Waals surface area contributed by atoms with Crippen LogP contribution in [0.1, 0.15) is 11.1 Å². The molecule has 0 aromatic heterocycles. The second-order valence-corrected chi connectivity index (χ2v) is 5.98. The molecule has 0 fully saturated rings. The van der Waals surface area contributed by atoms with Gasteiger partial charge in [-0.2, -0.15) is 0 Å². The third-order valence-electron chi connectivity index (χ3n) is 3.01. The predicted molar refractivity (Wildman–Crippen MR) is 93.0 cm³/mol. The van der Waals surface area contributed by atoms with E-state index in [-0.39, 0.29) is 0 Å². The van der Waals surface area contributed by atoms with Crippen LogP contribution in [0, 0.1) is 6.92 Å². The fourth-order valence-corrected chi connectivity index (χ4v) is 2.40. The minimum Gasteiger partial charge on any atom is -0.348 e. The number of benzene rings is 2. The normalized spacial score (nSPS) is 10.2. The van der Waals surface area contributed by atoms with E-state index < -0.39 is 0 Å². The molecule has 0 aliphatic carbocycles. The molecule has 0 spiro atoms. The lowest BCUT2D eigenvalue weighted by Gasteiger charge is -2.21. The first-order chi connectivity index (χ1) is 9.56. The molecule has 0 radical (unpaired) electrons. The Kier molecular flexibility index (Phi) is 5.15. The summed E-state index contributed by atoms with van der Waals surface area (Å²) in [6, 6.07) is 16.4. The van der Waals surface area contributed by atoms with Crippen molar-refractivity contribution in [1.29, 1.82) is 0 Å². The number of anilines is 1. The van der Waals surface area contributed by atoms with Gasteiger partial charge in [0.2, 0.25) is 0 Å². The second kappa shape index (κ2) is 6.86. The van der Waals surface area contributed by atoms with Crippen LogP contribution < -0.4 is 5.32 Å². The second-order valence-electron chi connectivity index (χ2n) is 4.74. The molecule has 0 saturated heterocycles. The highest BCUT2D eigenvalue weighted by Gasteiger charge is 2.07. The van der Waals surface area contributed by atoms with Gasteiger partial charge in [0.25, 0.3) is 0 Å². The summed E-state index contributed by atoms with van der Waals surface area (Å²) in [7, 11) is 1.99. The quantitative estimate of drug-likeness (QED) is 0.816. The molecule has 0 amide bonds. The summed E-state index contributed by atoms with van der Waals surface area (Å²) in [5.41, 5.74) is 3.46. The Morgan fingerprint density at radius 3 is 2.45 bits per heavy atom. The van der Waals surface area contributed by atoms with E-state index in [1.807, 2.05) is 42.3 Å². The van der Waals surface area contributed by atoms with Crippen molar-refractivity contribution in [3.8, 4) is 0 Å². The smallest absolute Gasteiger partial charge is 0.173 e. The number of hydrogen-bond donors (Lipinski definition) is 1. The summed E-state index contributed by atoms with van der Waals surface area (Å²) < 4.78 is 1.10. The van der Waals surface area contributed by atoms with Crippen molar-refractivity contribution in [3.05, 3.63) is 64.1 Å². The molecule has 2 rings (SSSR count). The zero-order valence-corrected chi connectivity index (χ0v) is 14.0. The van der Waals surface area contributed by atoms with Crippen molar-refractivity contribution in [1.82, 2.24) is 4.90 Å². The highest BCUT2D eigenvalue weighted by atomic mass is 79.9. The van der Waals surface area contributed by atoms with Crippen molar-refractivity contribution in [2.24, 2.45) is 0 Å². The molecule has 0 aliphatic heterocycles. The maximum absolute atomic E-state index is 5.43. The molecule has 0 bridgehead atoms. The largest absolute Gasteiger partial charge is 0.348 e. The molecule has 2 aromatic rings. The minimum absolute atomic E-state index is 0.713.